The van der Waals surface area contributed by atoms with Crippen molar-refractivity contribution in [1.29, 1.82) is 0 Å². The molecule has 2 unspecified atom stereocenters. The van der Waals surface area contributed by atoms with Gasteiger partial charge in [0.15, 0.2) is 0 Å². The summed E-state index contributed by atoms with van der Waals surface area (Å²) in [7, 11) is 0. The number of hydrogen-bond donors (Lipinski definition) is 2. The van der Waals surface area contributed by atoms with Crippen LogP contribution in [0.25, 0.3) is 0 Å². The highest BCUT2D eigenvalue weighted by atomic mass is 16.3. The molecule has 0 bridgehead atoms. The zero-order valence-electron chi connectivity index (χ0n) is 13.1. The number of nitrogens with one attached hydrogen (secondary N) is 1. The fourth-order valence-corrected chi connectivity index (χ4v) is 2.46. The Morgan fingerprint density at radius 1 is 0.952 bits per heavy atom. The second kappa shape index (κ2) is 7.16. The zero-order chi connectivity index (χ0) is 15.2. The molecule has 0 aromatic heterocycles. The van der Waals surface area contributed by atoms with Gasteiger partial charge in [0.25, 0.3) is 0 Å². The van der Waals surface area contributed by atoms with E-state index in [1.807, 2.05) is 12.1 Å². The molecule has 21 heavy (non-hydrogen) atoms. The first-order valence-electron chi connectivity index (χ1n) is 7.73. The Morgan fingerprint density at radius 2 is 1.57 bits per heavy atom. The van der Waals surface area contributed by atoms with Crippen LogP contribution in [0, 0.1) is 0 Å². The van der Waals surface area contributed by atoms with Gasteiger partial charge in [-0.3, -0.25) is 0 Å². The van der Waals surface area contributed by atoms with Crippen molar-refractivity contribution in [1.82, 2.24) is 0 Å². The van der Waals surface area contributed by atoms with Crippen molar-refractivity contribution in [3.63, 3.8) is 0 Å². The van der Waals surface area contributed by atoms with Crippen molar-refractivity contribution in [3.05, 3.63) is 59.7 Å². The number of phenolic OH excluding ortho intramolecular Hbond substituents is 1. The molecule has 112 valence electrons. The summed E-state index contributed by atoms with van der Waals surface area (Å²) in [6.07, 6.45) is 2.11. The molecule has 0 aliphatic rings. The van der Waals surface area contributed by atoms with E-state index < -0.39 is 0 Å². The summed E-state index contributed by atoms with van der Waals surface area (Å²) in [6.45, 7) is 6.65. The Balaban J connectivity index is 1.93. The molecule has 2 nitrogen and oxygen atoms in total. The topological polar surface area (TPSA) is 32.3 Å². The number of phenols is 1. The standard InChI is InChI=1S/C19H25NO/c1-4-14(2)17-7-9-18(10-8-17)20-15(3)13-16-5-11-19(21)12-6-16/h5-12,14-15,20-21H,4,13H2,1-3H3. The van der Waals surface area contributed by atoms with Crippen LogP contribution in [0.5, 0.6) is 5.75 Å². The molecule has 2 aromatic carbocycles. The number of aromatic hydroxyl groups is 1. The van der Waals surface area contributed by atoms with Gasteiger partial charge in [0.2, 0.25) is 0 Å². The third kappa shape index (κ3) is 4.52. The van der Waals surface area contributed by atoms with Gasteiger partial charge in [0, 0.05) is 11.7 Å². The molecule has 0 amide bonds. The summed E-state index contributed by atoms with van der Waals surface area (Å²) in [5, 5.41) is 12.8. The van der Waals surface area contributed by atoms with Crippen LogP contribution in [0.2, 0.25) is 0 Å². The van der Waals surface area contributed by atoms with Crippen LogP contribution in [-0.2, 0) is 6.42 Å². The van der Waals surface area contributed by atoms with E-state index in [9.17, 15) is 5.11 Å². The maximum Gasteiger partial charge on any atom is 0.115 e. The van der Waals surface area contributed by atoms with E-state index in [1.165, 1.54) is 17.5 Å². The van der Waals surface area contributed by atoms with E-state index in [1.54, 1.807) is 12.1 Å². The first-order valence-corrected chi connectivity index (χ1v) is 7.73. The van der Waals surface area contributed by atoms with Gasteiger partial charge in [-0.05, 0) is 61.1 Å². The van der Waals surface area contributed by atoms with Crippen LogP contribution >= 0.6 is 0 Å². The molecular weight excluding hydrogens is 258 g/mol. The molecule has 2 rings (SSSR count). The van der Waals surface area contributed by atoms with Crippen LogP contribution in [0.15, 0.2) is 48.5 Å². The molecule has 0 saturated carbocycles. The van der Waals surface area contributed by atoms with Crippen molar-refractivity contribution in [3.8, 4) is 5.75 Å². The van der Waals surface area contributed by atoms with Gasteiger partial charge in [-0.25, -0.2) is 0 Å². The highest BCUT2D eigenvalue weighted by Crippen LogP contribution is 2.21. The lowest BCUT2D eigenvalue weighted by Gasteiger charge is -2.16. The smallest absolute Gasteiger partial charge is 0.115 e. The minimum absolute atomic E-state index is 0.319. The van der Waals surface area contributed by atoms with E-state index >= 15 is 0 Å². The highest BCUT2D eigenvalue weighted by Gasteiger charge is 2.06. The van der Waals surface area contributed by atoms with Crippen LogP contribution in [-0.4, -0.2) is 11.1 Å². The molecule has 0 radical (unpaired) electrons. The van der Waals surface area contributed by atoms with Gasteiger partial charge in [-0.15, -0.1) is 0 Å². The summed E-state index contributed by atoms with van der Waals surface area (Å²) in [4.78, 5) is 0. The van der Waals surface area contributed by atoms with Gasteiger partial charge < -0.3 is 10.4 Å². The van der Waals surface area contributed by atoms with Crippen molar-refractivity contribution in [2.24, 2.45) is 0 Å². The third-order valence-electron chi connectivity index (χ3n) is 3.98. The Morgan fingerprint density at radius 3 is 2.14 bits per heavy atom. The van der Waals surface area contributed by atoms with Crippen LogP contribution < -0.4 is 5.32 Å². The highest BCUT2D eigenvalue weighted by molar-refractivity contribution is 5.46. The molecule has 2 atom stereocenters. The minimum atomic E-state index is 0.319. The molecule has 2 aromatic rings. The average molecular weight is 283 g/mol. The largest absolute Gasteiger partial charge is 0.508 e. The summed E-state index contributed by atoms with van der Waals surface area (Å²) in [5.74, 6) is 0.938. The minimum Gasteiger partial charge on any atom is -0.508 e. The van der Waals surface area contributed by atoms with Gasteiger partial charge in [0.1, 0.15) is 5.75 Å². The summed E-state index contributed by atoms with van der Waals surface area (Å²) in [5.41, 5.74) is 3.78. The Bertz CT molecular complexity index is 545. The first kappa shape index (κ1) is 15.4. The normalized spacial score (nSPS) is 13.7. The van der Waals surface area contributed by atoms with E-state index in [4.69, 9.17) is 0 Å². The monoisotopic (exact) mass is 283 g/mol. The van der Waals surface area contributed by atoms with E-state index in [0.717, 1.165) is 12.1 Å². The van der Waals surface area contributed by atoms with Crippen LogP contribution in [0.4, 0.5) is 5.69 Å². The van der Waals surface area contributed by atoms with Gasteiger partial charge in [-0.1, -0.05) is 38.1 Å². The molecule has 0 spiro atoms. The van der Waals surface area contributed by atoms with Crippen molar-refractivity contribution in [2.45, 2.75) is 45.6 Å². The molecular formula is C19H25NO. The fourth-order valence-electron chi connectivity index (χ4n) is 2.46. The quantitative estimate of drug-likeness (QED) is 0.786. The zero-order valence-corrected chi connectivity index (χ0v) is 13.1. The van der Waals surface area contributed by atoms with Crippen molar-refractivity contribution < 1.29 is 5.11 Å². The average Bonchev–Trinajstić information content (AvgIpc) is 2.49. The van der Waals surface area contributed by atoms with Crippen molar-refractivity contribution >= 4 is 5.69 Å². The number of anilines is 1. The number of hydrogen-bond acceptors (Lipinski definition) is 2. The maximum absolute atomic E-state index is 9.30. The number of rotatable bonds is 6. The molecule has 2 heteroatoms. The second-order valence-electron chi connectivity index (χ2n) is 5.85. The first-order chi connectivity index (χ1) is 10.1. The lowest BCUT2D eigenvalue weighted by Crippen LogP contribution is -2.17. The number of benzene rings is 2. The van der Waals surface area contributed by atoms with E-state index in [-0.39, 0.29) is 0 Å². The molecule has 2 N–H and O–H groups in total. The molecule has 0 aliphatic heterocycles. The van der Waals surface area contributed by atoms with Crippen LogP contribution in [0.3, 0.4) is 0 Å². The van der Waals surface area contributed by atoms with Gasteiger partial charge in [-0.2, -0.15) is 0 Å². The molecule has 0 saturated heterocycles. The molecule has 0 fully saturated rings. The Kier molecular flexibility index (Phi) is 5.26. The maximum atomic E-state index is 9.30. The van der Waals surface area contributed by atoms with Gasteiger partial charge in [0.05, 0.1) is 0 Å². The third-order valence-corrected chi connectivity index (χ3v) is 3.98. The fraction of sp³-hybridized carbons (Fsp3) is 0.368. The predicted molar refractivity (Wildman–Crippen MR) is 90.0 cm³/mol. The lowest BCUT2D eigenvalue weighted by molar-refractivity contribution is 0.475. The SMILES string of the molecule is CCC(C)c1ccc(NC(C)Cc2ccc(O)cc2)cc1. The molecule has 0 aliphatic carbocycles. The summed E-state index contributed by atoms with van der Waals surface area (Å²) in [6, 6.07) is 16.5. The van der Waals surface area contributed by atoms with Crippen molar-refractivity contribution in [2.75, 3.05) is 5.32 Å². The lowest BCUT2D eigenvalue weighted by atomic mass is 9.98. The summed E-state index contributed by atoms with van der Waals surface area (Å²) >= 11 is 0. The van der Waals surface area contributed by atoms with Gasteiger partial charge >= 0.3 is 0 Å². The van der Waals surface area contributed by atoms with E-state index in [0.29, 0.717) is 17.7 Å². The van der Waals surface area contributed by atoms with Crippen LogP contribution in [0.1, 0.15) is 44.2 Å². The Hall–Kier alpha value is -1.96. The van der Waals surface area contributed by atoms with E-state index in [2.05, 4.69) is 50.4 Å². The Labute approximate surface area is 127 Å². The predicted octanol–water partition coefficient (Wildman–Crippen LogP) is 4.95. The second-order valence-corrected chi connectivity index (χ2v) is 5.85. The summed E-state index contributed by atoms with van der Waals surface area (Å²) < 4.78 is 0. The molecule has 0 heterocycles.